The molecule has 0 aliphatic heterocycles. The van der Waals surface area contributed by atoms with Crippen molar-refractivity contribution in [3.05, 3.63) is 69.8 Å². The first-order valence-corrected chi connectivity index (χ1v) is 11.0. The highest BCUT2D eigenvalue weighted by molar-refractivity contribution is 6.13. The maximum Gasteiger partial charge on any atom is 0.339 e. The molecule has 2 aromatic rings. The Morgan fingerprint density at radius 2 is 0.861 bits per heavy atom. The Morgan fingerprint density at radius 3 is 1.25 bits per heavy atom. The van der Waals surface area contributed by atoms with Crippen LogP contribution in [0.25, 0.3) is 0 Å². The highest BCUT2D eigenvalue weighted by atomic mass is 16.6. The van der Waals surface area contributed by atoms with E-state index in [0.29, 0.717) is 0 Å². The summed E-state index contributed by atoms with van der Waals surface area (Å²) in [5, 5.41) is 0. The van der Waals surface area contributed by atoms with Crippen molar-refractivity contribution in [1.29, 1.82) is 0 Å². The van der Waals surface area contributed by atoms with Crippen LogP contribution in [0.4, 0.5) is 0 Å². The normalized spacial score (nSPS) is 11.3. The number of carbonyl (C=O) groups is 5. The Labute approximate surface area is 209 Å². The van der Waals surface area contributed by atoms with Gasteiger partial charge in [-0.25, -0.2) is 19.2 Å². The summed E-state index contributed by atoms with van der Waals surface area (Å²) >= 11 is 0. The van der Waals surface area contributed by atoms with Gasteiger partial charge in [0.25, 0.3) is 0 Å². The number of rotatable bonds is 6. The molecule has 0 saturated heterocycles. The average molecular weight is 499 g/mol. The standard InChI is InChI=1S/C27H30O9/c1-26(2,3)35-24(31)18-12-10-15(13-19(18)23(30)34-8)21(28)16-9-11-17(22(29)33-7)20(14-16)25(32)36-27(4,5)6/h9-14H,1-8H3. The SMILES string of the molecule is COC(=O)c1cc(C(=O)c2ccc(C(=O)OC)c(C(=O)OC(C)(C)C)c2)ccc1C(=O)OC(C)(C)C. The van der Waals surface area contributed by atoms with Crippen LogP contribution in [0.15, 0.2) is 36.4 Å². The van der Waals surface area contributed by atoms with Crippen molar-refractivity contribution in [3.63, 3.8) is 0 Å². The van der Waals surface area contributed by atoms with Crippen LogP contribution in [-0.2, 0) is 18.9 Å². The summed E-state index contributed by atoms with van der Waals surface area (Å²) < 4.78 is 20.2. The third kappa shape index (κ3) is 7.00. The Balaban J connectivity index is 2.57. The van der Waals surface area contributed by atoms with Crippen LogP contribution in [0.5, 0.6) is 0 Å². The van der Waals surface area contributed by atoms with Crippen LogP contribution in [0, 0.1) is 0 Å². The molecule has 0 aliphatic carbocycles. The molecule has 0 N–H and O–H groups in total. The molecule has 36 heavy (non-hydrogen) atoms. The number of esters is 4. The van der Waals surface area contributed by atoms with E-state index < -0.39 is 40.9 Å². The maximum absolute atomic E-state index is 13.3. The summed E-state index contributed by atoms with van der Waals surface area (Å²) in [6, 6.07) is 7.73. The van der Waals surface area contributed by atoms with Crippen molar-refractivity contribution in [3.8, 4) is 0 Å². The van der Waals surface area contributed by atoms with Gasteiger partial charge < -0.3 is 18.9 Å². The van der Waals surface area contributed by atoms with Gasteiger partial charge in [-0.05, 0) is 65.8 Å². The molecule has 0 unspecified atom stereocenters. The average Bonchev–Trinajstić information content (AvgIpc) is 2.79. The van der Waals surface area contributed by atoms with Gasteiger partial charge in [-0.2, -0.15) is 0 Å². The first-order valence-electron chi connectivity index (χ1n) is 11.0. The van der Waals surface area contributed by atoms with Crippen LogP contribution in [0.3, 0.4) is 0 Å². The van der Waals surface area contributed by atoms with Gasteiger partial charge in [-0.1, -0.05) is 12.1 Å². The van der Waals surface area contributed by atoms with Crippen molar-refractivity contribution in [2.45, 2.75) is 52.7 Å². The molecule has 9 heteroatoms. The van der Waals surface area contributed by atoms with E-state index in [1.54, 1.807) is 41.5 Å². The molecule has 2 rings (SSSR count). The number of ether oxygens (including phenoxy) is 4. The molecular formula is C27H30O9. The van der Waals surface area contributed by atoms with E-state index in [1.165, 1.54) is 43.5 Å². The fourth-order valence-electron chi connectivity index (χ4n) is 3.12. The Kier molecular flexibility index (Phi) is 8.41. The van der Waals surface area contributed by atoms with Gasteiger partial charge in [-0.15, -0.1) is 0 Å². The summed E-state index contributed by atoms with van der Waals surface area (Å²) in [5.74, 6) is -3.74. The minimum absolute atomic E-state index is 0.0451. The largest absolute Gasteiger partial charge is 0.465 e. The molecule has 0 amide bonds. The second-order valence-electron chi connectivity index (χ2n) is 9.84. The van der Waals surface area contributed by atoms with Gasteiger partial charge >= 0.3 is 23.9 Å². The topological polar surface area (TPSA) is 122 Å². The first-order chi connectivity index (χ1) is 16.6. The lowest BCUT2D eigenvalue weighted by Crippen LogP contribution is -2.26. The van der Waals surface area contributed by atoms with Crippen LogP contribution in [-0.4, -0.2) is 55.1 Å². The summed E-state index contributed by atoms with van der Waals surface area (Å²) in [4.78, 5) is 63.3. The van der Waals surface area contributed by atoms with Crippen molar-refractivity contribution < 1.29 is 42.9 Å². The van der Waals surface area contributed by atoms with Gasteiger partial charge in [0.2, 0.25) is 0 Å². The van der Waals surface area contributed by atoms with Crippen molar-refractivity contribution in [2.75, 3.05) is 14.2 Å². The van der Waals surface area contributed by atoms with Crippen molar-refractivity contribution in [1.82, 2.24) is 0 Å². The Hall–Kier alpha value is -4.01. The molecule has 0 spiro atoms. The fraction of sp³-hybridized carbons (Fsp3) is 0.370. The van der Waals surface area contributed by atoms with E-state index in [1.807, 2.05) is 0 Å². The van der Waals surface area contributed by atoms with E-state index in [2.05, 4.69) is 0 Å². The number of benzene rings is 2. The second-order valence-corrected chi connectivity index (χ2v) is 9.84. The molecule has 0 bridgehead atoms. The summed E-state index contributed by atoms with van der Waals surface area (Å²) in [5.41, 5.74) is -2.01. The Bertz CT molecular complexity index is 1210. The van der Waals surface area contributed by atoms with Gasteiger partial charge in [0, 0.05) is 11.1 Å². The molecule has 0 aromatic heterocycles. The van der Waals surface area contributed by atoms with Crippen LogP contribution < -0.4 is 0 Å². The summed E-state index contributed by atoms with van der Waals surface area (Å²) in [7, 11) is 2.31. The molecular weight excluding hydrogens is 468 g/mol. The fourth-order valence-corrected chi connectivity index (χ4v) is 3.12. The molecule has 0 saturated carbocycles. The summed E-state index contributed by atoms with van der Waals surface area (Å²) in [6.45, 7) is 10.0. The van der Waals surface area contributed by atoms with Crippen molar-refractivity contribution in [2.24, 2.45) is 0 Å². The third-order valence-corrected chi connectivity index (χ3v) is 4.61. The van der Waals surface area contributed by atoms with Gasteiger partial charge in [0.15, 0.2) is 5.78 Å². The number of methoxy groups -OCH3 is 2. The molecule has 2 aromatic carbocycles. The summed E-state index contributed by atoms with van der Waals surface area (Å²) in [6.07, 6.45) is 0. The smallest absolute Gasteiger partial charge is 0.339 e. The van der Waals surface area contributed by atoms with Crippen LogP contribution in [0.1, 0.15) is 98.9 Å². The minimum Gasteiger partial charge on any atom is -0.465 e. The van der Waals surface area contributed by atoms with Gasteiger partial charge in [0.1, 0.15) is 11.2 Å². The molecule has 0 radical (unpaired) electrons. The number of ketones is 1. The number of carbonyl (C=O) groups excluding carboxylic acids is 5. The van der Waals surface area contributed by atoms with E-state index in [0.717, 1.165) is 7.11 Å². The second kappa shape index (κ2) is 10.7. The molecule has 192 valence electrons. The van der Waals surface area contributed by atoms with E-state index in [9.17, 15) is 24.0 Å². The molecule has 0 aliphatic rings. The van der Waals surface area contributed by atoms with Gasteiger partial charge in [-0.3, -0.25) is 4.79 Å². The monoisotopic (exact) mass is 498 g/mol. The zero-order valence-electron chi connectivity index (χ0n) is 21.6. The highest BCUT2D eigenvalue weighted by Crippen LogP contribution is 2.23. The third-order valence-electron chi connectivity index (χ3n) is 4.61. The quantitative estimate of drug-likeness (QED) is 0.324. The molecule has 0 heterocycles. The molecule has 9 nitrogen and oxygen atoms in total. The lowest BCUT2D eigenvalue weighted by atomic mass is 9.95. The highest BCUT2D eigenvalue weighted by Gasteiger charge is 2.27. The zero-order valence-corrected chi connectivity index (χ0v) is 21.6. The van der Waals surface area contributed by atoms with E-state index in [-0.39, 0.29) is 33.4 Å². The first kappa shape index (κ1) is 28.2. The lowest BCUT2D eigenvalue weighted by molar-refractivity contribution is 0.00542. The van der Waals surface area contributed by atoms with Crippen LogP contribution in [0.2, 0.25) is 0 Å². The van der Waals surface area contributed by atoms with Crippen LogP contribution >= 0.6 is 0 Å². The predicted octanol–water partition coefficient (Wildman–Crippen LogP) is 4.40. The van der Waals surface area contributed by atoms with Crippen molar-refractivity contribution >= 4 is 29.7 Å². The van der Waals surface area contributed by atoms with E-state index >= 15 is 0 Å². The Morgan fingerprint density at radius 1 is 0.528 bits per heavy atom. The number of hydrogen-bond acceptors (Lipinski definition) is 9. The molecule has 0 atom stereocenters. The van der Waals surface area contributed by atoms with Gasteiger partial charge in [0.05, 0.1) is 36.5 Å². The molecule has 0 fully saturated rings. The minimum atomic E-state index is -0.850. The lowest BCUT2D eigenvalue weighted by Gasteiger charge is -2.21. The zero-order chi connectivity index (χ0) is 27.4. The van der Waals surface area contributed by atoms with E-state index in [4.69, 9.17) is 18.9 Å². The number of hydrogen-bond donors (Lipinski definition) is 0. The maximum atomic E-state index is 13.3. The predicted molar refractivity (Wildman–Crippen MR) is 129 cm³/mol.